The summed E-state index contributed by atoms with van der Waals surface area (Å²) in [4.78, 5) is 6.75. The SMILES string of the molecule is COc1ccc(Cc2ccnc(N3CCNCC3)c2)c(F)c1-c1cccc(Cl)c1. The molecule has 0 bridgehead atoms. The second-order valence-corrected chi connectivity index (χ2v) is 7.50. The number of nitrogens with one attached hydrogen (secondary N) is 1. The van der Waals surface area contributed by atoms with Crippen LogP contribution in [0.15, 0.2) is 54.7 Å². The van der Waals surface area contributed by atoms with Gasteiger partial charge in [-0.05, 0) is 47.0 Å². The molecule has 0 saturated carbocycles. The first-order chi connectivity index (χ1) is 14.2. The number of methoxy groups -OCH3 is 1. The van der Waals surface area contributed by atoms with Crippen molar-refractivity contribution in [2.75, 3.05) is 38.2 Å². The molecule has 29 heavy (non-hydrogen) atoms. The van der Waals surface area contributed by atoms with Crippen LogP contribution in [-0.4, -0.2) is 38.3 Å². The molecule has 0 radical (unpaired) electrons. The van der Waals surface area contributed by atoms with Gasteiger partial charge < -0.3 is 15.0 Å². The van der Waals surface area contributed by atoms with Gasteiger partial charge in [0.05, 0.1) is 12.7 Å². The third-order valence-corrected chi connectivity index (χ3v) is 5.40. The second-order valence-electron chi connectivity index (χ2n) is 7.06. The largest absolute Gasteiger partial charge is 0.496 e. The molecule has 0 spiro atoms. The number of anilines is 1. The van der Waals surface area contributed by atoms with Gasteiger partial charge in [-0.1, -0.05) is 29.8 Å². The van der Waals surface area contributed by atoms with Crippen LogP contribution >= 0.6 is 11.6 Å². The van der Waals surface area contributed by atoms with E-state index in [1.807, 2.05) is 30.3 Å². The quantitative estimate of drug-likeness (QED) is 0.668. The first kappa shape index (κ1) is 19.7. The van der Waals surface area contributed by atoms with E-state index >= 15 is 4.39 Å². The van der Waals surface area contributed by atoms with Crippen molar-refractivity contribution in [2.24, 2.45) is 0 Å². The monoisotopic (exact) mass is 411 g/mol. The molecule has 1 aliphatic heterocycles. The molecule has 0 amide bonds. The smallest absolute Gasteiger partial charge is 0.138 e. The zero-order valence-electron chi connectivity index (χ0n) is 16.3. The number of benzene rings is 2. The molecule has 1 aromatic heterocycles. The highest BCUT2D eigenvalue weighted by molar-refractivity contribution is 6.30. The van der Waals surface area contributed by atoms with Crippen LogP contribution in [0.5, 0.6) is 5.75 Å². The van der Waals surface area contributed by atoms with E-state index in [4.69, 9.17) is 16.3 Å². The summed E-state index contributed by atoms with van der Waals surface area (Å²) < 4.78 is 20.9. The van der Waals surface area contributed by atoms with Crippen LogP contribution in [0, 0.1) is 5.82 Å². The number of piperazine rings is 1. The molecule has 1 fully saturated rings. The fourth-order valence-electron chi connectivity index (χ4n) is 3.68. The fraction of sp³-hybridized carbons (Fsp3) is 0.261. The Bertz CT molecular complexity index is 1010. The summed E-state index contributed by atoms with van der Waals surface area (Å²) in [7, 11) is 1.55. The van der Waals surface area contributed by atoms with E-state index in [1.54, 1.807) is 31.5 Å². The van der Waals surface area contributed by atoms with Gasteiger partial charge in [0, 0.05) is 43.8 Å². The zero-order valence-corrected chi connectivity index (χ0v) is 17.0. The maximum atomic E-state index is 15.5. The van der Waals surface area contributed by atoms with Crippen molar-refractivity contribution >= 4 is 17.4 Å². The van der Waals surface area contributed by atoms with Crippen LogP contribution in [0.1, 0.15) is 11.1 Å². The van der Waals surface area contributed by atoms with Crippen LogP contribution in [0.4, 0.5) is 10.2 Å². The highest BCUT2D eigenvalue weighted by atomic mass is 35.5. The Balaban J connectivity index is 1.67. The lowest BCUT2D eigenvalue weighted by molar-refractivity contribution is 0.413. The zero-order chi connectivity index (χ0) is 20.2. The minimum absolute atomic E-state index is 0.285. The highest BCUT2D eigenvalue weighted by Gasteiger charge is 2.18. The van der Waals surface area contributed by atoms with Crippen LogP contribution in [0.2, 0.25) is 5.02 Å². The standard InChI is InChI=1S/C23H23ClFN3O/c1-29-20-6-5-18(23(25)22(20)17-3-2-4-19(24)15-17)13-16-7-8-27-21(14-16)28-11-9-26-10-12-28/h2-8,14-15,26H,9-13H2,1H3. The van der Waals surface area contributed by atoms with E-state index in [9.17, 15) is 0 Å². The summed E-state index contributed by atoms with van der Waals surface area (Å²) in [5.74, 6) is 1.14. The van der Waals surface area contributed by atoms with Gasteiger partial charge in [-0.25, -0.2) is 9.37 Å². The van der Waals surface area contributed by atoms with Gasteiger partial charge in [0.1, 0.15) is 17.4 Å². The molecule has 0 aliphatic carbocycles. The molecule has 6 heteroatoms. The van der Waals surface area contributed by atoms with Crippen molar-refractivity contribution in [2.45, 2.75) is 6.42 Å². The minimum atomic E-state index is -0.285. The summed E-state index contributed by atoms with van der Waals surface area (Å²) in [5.41, 5.74) is 2.77. The molecule has 2 aromatic carbocycles. The molecule has 3 aromatic rings. The van der Waals surface area contributed by atoms with Gasteiger partial charge in [0.25, 0.3) is 0 Å². The normalized spacial score (nSPS) is 14.1. The van der Waals surface area contributed by atoms with E-state index in [-0.39, 0.29) is 5.82 Å². The Kier molecular flexibility index (Phi) is 5.97. The lowest BCUT2D eigenvalue weighted by atomic mass is 9.97. The van der Waals surface area contributed by atoms with Crippen LogP contribution in [0.3, 0.4) is 0 Å². The topological polar surface area (TPSA) is 37.4 Å². The fourth-order valence-corrected chi connectivity index (χ4v) is 3.87. The number of pyridine rings is 1. The molecule has 0 atom stereocenters. The van der Waals surface area contributed by atoms with E-state index in [0.29, 0.717) is 33.9 Å². The van der Waals surface area contributed by atoms with E-state index in [2.05, 4.69) is 15.2 Å². The predicted molar refractivity (Wildman–Crippen MR) is 116 cm³/mol. The summed E-state index contributed by atoms with van der Waals surface area (Å²) in [6, 6.07) is 14.8. The van der Waals surface area contributed by atoms with Gasteiger partial charge in [-0.3, -0.25) is 0 Å². The van der Waals surface area contributed by atoms with Gasteiger partial charge in [-0.2, -0.15) is 0 Å². The van der Waals surface area contributed by atoms with Crippen molar-refractivity contribution in [3.8, 4) is 16.9 Å². The summed E-state index contributed by atoms with van der Waals surface area (Å²) in [6.07, 6.45) is 2.27. The van der Waals surface area contributed by atoms with Crippen molar-refractivity contribution < 1.29 is 9.13 Å². The summed E-state index contributed by atoms with van der Waals surface area (Å²) >= 11 is 6.12. The van der Waals surface area contributed by atoms with Crippen molar-refractivity contribution in [3.63, 3.8) is 0 Å². The predicted octanol–water partition coefficient (Wildman–Crippen LogP) is 4.55. The van der Waals surface area contributed by atoms with Crippen molar-refractivity contribution in [3.05, 3.63) is 76.7 Å². The molecule has 0 unspecified atom stereocenters. The molecule has 1 saturated heterocycles. The number of rotatable bonds is 5. The van der Waals surface area contributed by atoms with Gasteiger partial charge in [0.2, 0.25) is 0 Å². The van der Waals surface area contributed by atoms with E-state index in [1.165, 1.54) is 0 Å². The average Bonchev–Trinajstić information content (AvgIpc) is 2.76. The third kappa shape index (κ3) is 4.36. The molecular formula is C23H23ClFN3O. The Morgan fingerprint density at radius 3 is 2.72 bits per heavy atom. The number of hydrogen-bond donors (Lipinski definition) is 1. The van der Waals surface area contributed by atoms with Crippen molar-refractivity contribution in [1.29, 1.82) is 0 Å². The van der Waals surface area contributed by atoms with E-state index < -0.39 is 0 Å². The Morgan fingerprint density at radius 1 is 1.14 bits per heavy atom. The molecule has 150 valence electrons. The van der Waals surface area contributed by atoms with Gasteiger partial charge in [0.15, 0.2) is 0 Å². The molecule has 4 nitrogen and oxygen atoms in total. The highest BCUT2D eigenvalue weighted by Crippen LogP contribution is 2.36. The third-order valence-electron chi connectivity index (χ3n) is 5.16. The molecular weight excluding hydrogens is 389 g/mol. The molecule has 4 rings (SSSR count). The van der Waals surface area contributed by atoms with Crippen LogP contribution in [0.25, 0.3) is 11.1 Å². The first-order valence-corrected chi connectivity index (χ1v) is 10.1. The minimum Gasteiger partial charge on any atom is -0.496 e. The Morgan fingerprint density at radius 2 is 1.97 bits per heavy atom. The maximum Gasteiger partial charge on any atom is 0.138 e. The summed E-state index contributed by atoms with van der Waals surface area (Å²) in [6.45, 7) is 3.74. The van der Waals surface area contributed by atoms with Gasteiger partial charge in [-0.15, -0.1) is 0 Å². The van der Waals surface area contributed by atoms with Crippen molar-refractivity contribution in [1.82, 2.24) is 10.3 Å². The first-order valence-electron chi connectivity index (χ1n) is 9.67. The lowest BCUT2D eigenvalue weighted by Gasteiger charge is -2.28. The van der Waals surface area contributed by atoms with Crippen LogP contribution < -0.4 is 15.0 Å². The number of aromatic nitrogens is 1. The molecule has 1 aliphatic rings. The number of nitrogens with zero attached hydrogens (tertiary/aromatic N) is 2. The maximum absolute atomic E-state index is 15.5. The number of ether oxygens (including phenoxy) is 1. The molecule has 2 heterocycles. The second kappa shape index (κ2) is 8.80. The van der Waals surface area contributed by atoms with Gasteiger partial charge >= 0.3 is 0 Å². The Hall–Kier alpha value is -2.63. The average molecular weight is 412 g/mol. The van der Waals surface area contributed by atoms with E-state index in [0.717, 1.165) is 37.6 Å². The van der Waals surface area contributed by atoms with Crippen LogP contribution in [-0.2, 0) is 6.42 Å². The Labute approximate surface area is 175 Å². The molecule has 1 N–H and O–H groups in total. The number of hydrogen-bond acceptors (Lipinski definition) is 4. The number of halogens is 2. The summed E-state index contributed by atoms with van der Waals surface area (Å²) in [5, 5.41) is 3.90. The lowest BCUT2D eigenvalue weighted by Crippen LogP contribution is -2.43.